The Morgan fingerprint density at radius 2 is 0.929 bits per heavy atom. The van der Waals surface area contributed by atoms with Crippen molar-refractivity contribution in [2.75, 3.05) is 0 Å². The fourth-order valence-electron chi connectivity index (χ4n) is 9.26. The monoisotopic (exact) mass is 1080 g/mol. The minimum atomic E-state index is 0. The van der Waals surface area contributed by atoms with Gasteiger partial charge in [-0.1, -0.05) is 133 Å². The summed E-state index contributed by atoms with van der Waals surface area (Å²) in [6.45, 7) is 0. The van der Waals surface area contributed by atoms with Gasteiger partial charge in [-0.05, 0) is 105 Å². The maximum absolute atomic E-state index is 10.3. The normalized spacial score (nSPS) is 10.9. The van der Waals surface area contributed by atoms with Crippen molar-refractivity contribution in [3.05, 3.63) is 246 Å². The van der Waals surface area contributed by atoms with Crippen LogP contribution in [-0.4, -0.2) is 15.0 Å². The second-order valence-corrected chi connectivity index (χ2v) is 17.0. The average molecular weight is 1080 g/mol. The number of para-hydroxylation sites is 1. The van der Waals surface area contributed by atoms with Crippen LogP contribution in [0.25, 0.3) is 89.1 Å². The summed E-state index contributed by atoms with van der Waals surface area (Å²) in [6, 6.07) is 74.6. The van der Waals surface area contributed by atoms with E-state index < -0.39 is 0 Å². The van der Waals surface area contributed by atoms with E-state index in [-0.39, 0.29) is 20.1 Å². The molecule has 7 aromatic carbocycles. The van der Waals surface area contributed by atoms with Gasteiger partial charge < -0.3 is 19.4 Å². The summed E-state index contributed by atoms with van der Waals surface area (Å²) in [4.78, 5) is 13.7. The summed E-state index contributed by atoms with van der Waals surface area (Å²) < 4.78 is 6.42. The second-order valence-electron chi connectivity index (χ2n) is 17.0. The van der Waals surface area contributed by atoms with E-state index in [0.29, 0.717) is 36.8 Å². The number of nitriles is 2. The molecule has 0 aliphatic heterocycles. The molecular weight excluding hydrogens is 1030 g/mol. The first-order valence-electron chi connectivity index (χ1n) is 22.9. The Hall–Kier alpha value is -8.58. The summed E-state index contributed by atoms with van der Waals surface area (Å²) in [5.74, 6) is 0. The number of furan rings is 1. The van der Waals surface area contributed by atoms with Gasteiger partial charge in [-0.3, -0.25) is 0 Å². The number of hydrogen-bond acceptors (Lipinski definition) is 6. The Kier molecular flexibility index (Phi) is 13.1. The van der Waals surface area contributed by atoms with Gasteiger partial charge in [0.25, 0.3) is 0 Å². The molecule has 4 aromatic heterocycles. The van der Waals surface area contributed by atoms with E-state index in [1.807, 2.05) is 103 Å². The van der Waals surface area contributed by atoms with Gasteiger partial charge in [-0.2, -0.15) is 10.5 Å². The first-order chi connectivity index (χ1) is 34.1. The fourth-order valence-corrected chi connectivity index (χ4v) is 9.26. The van der Waals surface area contributed by atoms with Crippen LogP contribution in [0.3, 0.4) is 0 Å². The van der Waals surface area contributed by atoms with Crippen molar-refractivity contribution < 1.29 is 24.5 Å². The summed E-state index contributed by atoms with van der Waals surface area (Å²) in [7, 11) is 0. The predicted molar refractivity (Wildman–Crippen MR) is 273 cm³/mol. The number of hydrogen-bond donors (Lipinski definition) is 0. The standard InChI is InChI=1S/C63H40N5O.Ir/c64-40-51-36-47(59-14-5-8-30-66-59)24-22-44(51)20-18-42-33-43(19-21-45-23-25-48(37-52(45)41-65)60-15-6-9-31-67-60)35-50(34-42)53-11-1-2-12-54(53)55-28-27-49(61-16-7-10-32-68-61)38-58(55)46-26-29-57-56-13-3-4-17-62(56)69-63(57)39-46;/h1-17,22-23,26,28-39H,18-21H2;/q-3;+3. The molecule has 11 aromatic rings. The first-order valence-corrected chi connectivity index (χ1v) is 22.9. The molecule has 0 fully saturated rings. The predicted octanol–water partition coefficient (Wildman–Crippen LogP) is 14.5. The van der Waals surface area contributed by atoms with E-state index in [2.05, 4.69) is 119 Å². The van der Waals surface area contributed by atoms with Crippen LogP contribution in [0.4, 0.5) is 0 Å². The molecule has 0 amide bonds. The zero-order chi connectivity index (χ0) is 46.5. The van der Waals surface area contributed by atoms with Crippen molar-refractivity contribution in [2.45, 2.75) is 25.7 Å². The zero-order valence-electron chi connectivity index (χ0n) is 37.8. The minimum absolute atomic E-state index is 0. The minimum Gasteiger partial charge on any atom is -0.456 e. The van der Waals surface area contributed by atoms with E-state index in [9.17, 15) is 10.5 Å². The molecule has 332 valence electrons. The van der Waals surface area contributed by atoms with Crippen LogP contribution in [0, 0.1) is 40.9 Å². The Balaban J connectivity index is 0.00000567. The van der Waals surface area contributed by atoms with Crippen molar-refractivity contribution in [3.63, 3.8) is 0 Å². The van der Waals surface area contributed by atoms with Gasteiger partial charge in [0, 0.05) is 29.4 Å². The Morgan fingerprint density at radius 3 is 1.50 bits per heavy atom. The van der Waals surface area contributed by atoms with Gasteiger partial charge in [-0.15, -0.1) is 82.4 Å². The van der Waals surface area contributed by atoms with Gasteiger partial charge in [0.2, 0.25) is 0 Å². The number of pyridine rings is 3. The molecule has 6 nitrogen and oxygen atoms in total. The van der Waals surface area contributed by atoms with E-state index in [1.165, 1.54) is 0 Å². The summed E-state index contributed by atoms with van der Waals surface area (Å²) in [5, 5.41) is 22.8. The summed E-state index contributed by atoms with van der Waals surface area (Å²) in [5.41, 5.74) is 18.2. The smallest absolute Gasteiger partial charge is 0.456 e. The largest absolute Gasteiger partial charge is 3.00 e. The van der Waals surface area contributed by atoms with E-state index in [0.717, 1.165) is 111 Å². The quantitative estimate of drug-likeness (QED) is 0.113. The molecule has 0 unspecified atom stereocenters. The van der Waals surface area contributed by atoms with E-state index >= 15 is 0 Å². The maximum atomic E-state index is 10.3. The Labute approximate surface area is 420 Å². The second kappa shape index (κ2) is 20.3. The Bertz CT molecular complexity index is 3640. The number of benzene rings is 7. The first kappa shape index (κ1) is 45.2. The number of rotatable bonds is 12. The van der Waals surface area contributed by atoms with Crippen LogP contribution in [0.15, 0.2) is 199 Å². The van der Waals surface area contributed by atoms with Gasteiger partial charge >= 0.3 is 20.1 Å². The van der Waals surface area contributed by atoms with Crippen molar-refractivity contribution >= 4 is 21.9 Å². The summed E-state index contributed by atoms with van der Waals surface area (Å²) in [6.07, 6.45) is 7.99. The maximum Gasteiger partial charge on any atom is 3.00 e. The van der Waals surface area contributed by atoms with Gasteiger partial charge in [0.15, 0.2) is 0 Å². The van der Waals surface area contributed by atoms with E-state index in [4.69, 9.17) is 9.40 Å². The van der Waals surface area contributed by atoms with E-state index in [1.54, 1.807) is 12.4 Å². The van der Waals surface area contributed by atoms with Crippen molar-refractivity contribution in [1.29, 1.82) is 10.5 Å². The van der Waals surface area contributed by atoms with Crippen LogP contribution in [-0.2, 0) is 45.8 Å². The third-order valence-corrected chi connectivity index (χ3v) is 12.7. The zero-order valence-corrected chi connectivity index (χ0v) is 40.2. The van der Waals surface area contributed by atoms with Crippen molar-refractivity contribution in [2.24, 2.45) is 0 Å². The number of aryl methyl sites for hydroxylation is 4. The van der Waals surface area contributed by atoms with Crippen molar-refractivity contribution in [1.82, 2.24) is 15.0 Å². The van der Waals surface area contributed by atoms with Crippen LogP contribution in [0.1, 0.15) is 33.4 Å². The fraction of sp³-hybridized carbons (Fsp3) is 0.0635. The van der Waals surface area contributed by atoms with Gasteiger partial charge in [0.05, 0.1) is 12.1 Å². The van der Waals surface area contributed by atoms with Crippen LogP contribution in [0.2, 0.25) is 0 Å². The third kappa shape index (κ3) is 9.33. The molecule has 0 spiro atoms. The molecular formula is C63H40IrN5O. The molecule has 4 heterocycles. The molecule has 11 rings (SSSR count). The SMILES string of the molecule is N#Cc1cc(-c2ccccn2)[c-]cc1CCc1cc(CCc2c[c-]c(-c3ccccn3)cc2C#N)cc(-c2ccccc2-c2c[c-]c(-c3ccccn3)cc2-c2ccc3c(c2)oc2ccccc23)c1.[Ir+3]. The third-order valence-electron chi connectivity index (χ3n) is 12.7. The molecule has 0 N–H and O–H groups in total. The molecule has 0 aliphatic carbocycles. The number of nitrogens with zero attached hydrogens (tertiary/aromatic N) is 5. The van der Waals surface area contributed by atoms with Gasteiger partial charge in [0.1, 0.15) is 11.2 Å². The average Bonchev–Trinajstić information content (AvgIpc) is 3.80. The Morgan fingerprint density at radius 1 is 0.414 bits per heavy atom. The molecule has 0 radical (unpaired) electrons. The number of aromatic nitrogens is 3. The molecule has 0 saturated heterocycles. The molecule has 70 heavy (non-hydrogen) atoms. The molecule has 0 bridgehead atoms. The van der Waals surface area contributed by atoms with Crippen molar-refractivity contribution in [3.8, 4) is 79.3 Å². The molecule has 7 heteroatoms. The van der Waals surface area contributed by atoms with Crippen LogP contribution < -0.4 is 0 Å². The molecule has 0 atom stereocenters. The van der Waals surface area contributed by atoms with Gasteiger partial charge in [-0.25, -0.2) is 0 Å². The van der Waals surface area contributed by atoms with Crippen LogP contribution >= 0.6 is 0 Å². The number of fused-ring (bicyclic) bond motifs is 3. The molecule has 0 saturated carbocycles. The van der Waals surface area contributed by atoms with Crippen LogP contribution in [0.5, 0.6) is 0 Å². The topological polar surface area (TPSA) is 99.4 Å². The summed E-state index contributed by atoms with van der Waals surface area (Å²) >= 11 is 0. The molecule has 0 aliphatic rings.